The monoisotopic (exact) mass is 338 g/mol. The van der Waals surface area contributed by atoms with Crippen LogP contribution in [-0.2, 0) is 17.9 Å². The van der Waals surface area contributed by atoms with Gasteiger partial charge in [-0.25, -0.2) is 9.18 Å². The molecule has 1 aliphatic heterocycles. The lowest BCUT2D eigenvalue weighted by molar-refractivity contribution is 0.000558. The van der Waals surface area contributed by atoms with Crippen molar-refractivity contribution in [1.29, 1.82) is 0 Å². The SMILES string of the molecule is CC1CN(Cc2ccc(CO)c(F)c2)CCN1C(=O)OC(C)(C)C. The van der Waals surface area contributed by atoms with Crippen LogP contribution in [0.15, 0.2) is 18.2 Å². The molecule has 134 valence electrons. The van der Waals surface area contributed by atoms with Gasteiger partial charge in [-0.2, -0.15) is 0 Å². The van der Waals surface area contributed by atoms with E-state index in [1.54, 1.807) is 11.0 Å². The van der Waals surface area contributed by atoms with Crippen molar-refractivity contribution >= 4 is 6.09 Å². The fraction of sp³-hybridized carbons (Fsp3) is 0.611. The Morgan fingerprint density at radius 1 is 1.38 bits per heavy atom. The number of rotatable bonds is 3. The van der Waals surface area contributed by atoms with E-state index in [-0.39, 0.29) is 24.6 Å². The Labute approximate surface area is 143 Å². The molecular formula is C18H27FN2O3. The highest BCUT2D eigenvalue weighted by Crippen LogP contribution is 2.18. The molecule has 0 saturated carbocycles. The number of amides is 1. The zero-order chi connectivity index (χ0) is 17.9. The molecular weight excluding hydrogens is 311 g/mol. The normalized spacial score (nSPS) is 19.4. The number of aliphatic hydroxyl groups is 1. The molecule has 0 radical (unpaired) electrons. The molecule has 0 aromatic heterocycles. The predicted octanol–water partition coefficient (Wildman–Crippen LogP) is 2.76. The van der Waals surface area contributed by atoms with Crippen LogP contribution in [0.4, 0.5) is 9.18 Å². The van der Waals surface area contributed by atoms with Crippen molar-refractivity contribution in [2.75, 3.05) is 19.6 Å². The largest absolute Gasteiger partial charge is 0.444 e. The number of aliphatic hydroxyl groups excluding tert-OH is 1. The van der Waals surface area contributed by atoms with E-state index in [0.29, 0.717) is 31.7 Å². The summed E-state index contributed by atoms with van der Waals surface area (Å²) in [7, 11) is 0. The number of piperazine rings is 1. The standard InChI is InChI=1S/C18H27FN2O3/c1-13-10-20(7-8-21(13)17(23)24-18(2,3)4)11-14-5-6-15(12-22)16(19)9-14/h5-6,9,13,22H,7-8,10-12H2,1-4H3. The minimum Gasteiger partial charge on any atom is -0.444 e. The topological polar surface area (TPSA) is 53.0 Å². The summed E-state index contributed by atoms with van der Waals surface area (Å²) >= 11 is 0. The Hall–Kier alpha value is -1.66. The first-order valence-electron chi connectivity index (χ1n) is 8.30. The van der Waals surface area contributed by atoms with Gasteiger partial charge in [0.25, 0.3) is 0 Å². The molecule has 0 bridgehead atoms. The maximum atomic E-state index is 13.8. The second-order valence-corrected chi connectivity index (χ2v) is 7.34. The van der Waals surface area contributed by atoms with Crippen LogP contribution >= 0.6 is 0 Å². The molecule has 1 atom stereocenters. The van der Waals surface area contributed by atoms with Gasteiger partial charge in [-0.15, -0.1) is 0 Å². The van der Waals surface area contributed by atoms with Crippen molar-refractivity contribution in [3.05, 3.63) is 35.1 Å². The molecule has 1 N–H and O–H groups in total. The van der Waals surface area contributed by atoms with Crippen molar-refractivity contribution in [2.24, 2.45) is 0 Å². The summed E-state index contributed by atoms with van der Waals surface area (Å²) < 4.78 is 19.2. The van der Waals surface area contributed by atoms with Gasteiger partial charge < -0.3 is 14.7 Å². The molecule has 5 nitrogen and oxygen atoms in total. The summed E-state index contributed by atoms with van der Waals surface area (Å²) in [6.45, 7) is 9.91. The highest BCUT2D eigenvalue weighted by atomic mass is 19.1. The summed E-state index contributed by atoms with van der Waals surface area (Å²) in [5.41, 5.74) is 0.671. The first-order valence-corrected chi connectivity index (χ1v) is 8.30. The van der Waals surface area contributed by atoms with Gasteiger partial charge in [0.1, 0.15) is 11.4 Å². The van der Waals surface area contributed by atoms with Crippen LogP contribution in [0.2, 0.25) is 0 Å². The average molecular weight is 338 g/mol. The molecule has 1 aliphatic rings. The number of benzene rings is 1. The van der Waals surface area contributed by atoms with Crippen molar-refractivity contribution in [2.45, 2.75) is 52.5 Å². The molecule has 1 aromatic carbocycles. The molecule has 1 unspecified atom stereocenters. The molecule has 1 heterocycles. The Bertz CT molecular complexity index is 586. The minimum atomic E-state index is -0.500. The summed E-state index contributed by atoms with van der Waals surface area (Å²) in [6.07, 6.45) is -0.284. The average Bonchev–Trinajstić information content (AvgIpc) is 2.45. The van der Waals surface area contributed by atoms with E-state index in [1.165, 1.54) is 6.07 Å². The van der Waals surface area contributed by atoms with Gasteiger partial charge in [-0.05, 0) is 39.3 Å². The van der Waals surface area contributed by atoms with E-state index >= 15 is 0 Å². The molecule has 1 saturated heterocycles. The van der Waals surface area contributed by atoms with Crippen LogP contribution in [0.3, 0.4) is 0 Å². The highest BCUT2D eigenvalue weighted by molar-refractivity contribution is 5.68. The van der Waals surface area contributed by atoms with Crippen molar-refractivity contribution in [3.63, 3.8) is 0 Å². The van der Waals surface area contributed by atoms with Crippen LogP contribution in [0.1, 0.15) is 38.8 Å². The molecule has 0 spiro atoms. The maximum Gasteiger partial charge on any atom is 0.410 e. The Balaban J connectivity index is 1.93. The highest BCUT2D eigenvalue weighted by Gasteiger charge is 2.30. The first kappa shape index (κ1) is 18.7. The number of carbonyl (C=O) groups excluding carboxylic acids is 1. The lowest BCUT2D eigenvalue weighted by Gasteiger charge is -2.40. The molecule has 1 fully saturated rings. The van der Waals surface area contributed by atoms with Gasteiger partial charge in [0.2, 0.25) is 0 Å². The summed E-state index contributed by atoms with van der Waals surface area (Å²) in [5, 5.41) is 9.03. The maximum absolute atomic E-state index is 13.8. The van der Waals surface area contributed by atoms with Crippen molar-refractivity contribution in [1.82, 2.24) is 9.80 Å². The molecule has 1 amide bonds. The summed E-state index contributed by atoms with van der Waals surface area (Å²) in [5.74, 6) is -0.379. The second kappa shape index (κ2) is 7.49. The molecule has 0 aliphatic carbocycles. The lowest BCUT2D eigenvalue weighted by Crippen LogP contribution is -2.54. The number of hydrogen-bond acceptors (Lipinski definition) is 4. The van der Waals surface area contributed by atoms with Gasteiger partial charge >= 0.3 is 6.09 Å². The number of carbonyl (C=O) groups is 1. The van der Waals surface area contributed by atoms with E-state index in [4.69, 9.17) is 9.84 Å². The summed E-state index contributed by atoms with van der Waals surface area (Å²) in [6, 6.07) is 4.95. The number of halogens is 1. The quantitative estimate of drug-likeness (QED) is 0.921. The van der Waals surface area contributed by atoms with Crippen LogP contribution in [0.5, 0.6) is 0 Å². The Kier molecular flexibility index (Phi) is 5.83. The molecule has 6 heteroatoms. The molecule has 2 rings (SSSR count). The number of hydrogen-bond donors (Lipinski definition) is 1. The Morgan fingerprint density at radius 3 is 2.62 bits per heavy atom. The lowest BCUT2D eigenvalue weighted by atomic mass is 10.1. The number of ether oxygens (including phenoxy) is 1. The first-order chi connectivity index (χ1) is 11.2. The van der Waals surface area contributed by atoms with Crippen LogP contribution in [-0.4, -0.2) is 52.3 Å². The van der Waals surface area contributed by atoms with E-state index < -0.39 is 5.60 Å². The third kappa shape index (κ3) is 4.92. The zero-order valence-corrected chi connectivity index (χ0v) is 14.9. The van der Waals surface area contributed by atoms with Crippen LogP contribution in [0.25, 0.3) is 0 Å². The number of nitrogens with zero attached hydrogens (tertiary/aromatic N) is 2. The van der Waals surface area contributed by atoms with E-state index in [1.807, 2.05) is 33.8 Å². The van der Waals surface area contributed by atoms with Crippen molar-refractivity contribution < 1.29 is 19.0 Å². The molecule has 1 aromatic rings. The fourth-order valence-corrected chi connectivity index (χ4v) is 2.84. The van der Waals surface area contributed by atoms with Gasteiger partial charge in [0.15, 0.2) is 0 Å². The van der Waals surface area contributed by atoms with Crippen LogP contribution in [0, 0.1) is 5.82 Å². The zero-order valence-electron chi connectivity index (χ0n) is 14.9. The fourth-order valence-electron chi connectivity index (χ4n) is 2.84. The Morgan fingerprint density at radius 2 is 2.08 bits per heavy atom. The molecule has 24 heavy (non-hydrogen) atoms. The van der Waals surface area contributed by atoms with E-state index in [2.05, 4.69) is 4.90 Å². The van der Waals surface area contributed by atoms with Gasteiger partial charge in [-0.3, -0.25) is 4.90 Å². The predicted molar refractivity (Wildman–Crippen MR) is 90.0 cm³/mol. The van der Waals surface area contributed by atoms with Gasteiger partial charge in [-0.1, -0.05) is 12.1 Å². The third-order valence-electron chi connectivity index (χ3n) is 4.03. The third-order valence-corrected chi connectivity index (χ3v) is 4.03. The minimum absolute atomic E-state index is 0.0372. The van der Waals surface area contributed by atoms with Gasteiger partial charge in [0.05, 0.1) is 6.61 Å². The van der Waals surface area contributed by atoms with Crippen molar-refractivity contribution in [3.8, 4) is 0 Å². The van der Waals surface area contributed by atoms with E-state index in [0.717, 1.165) is 5.56 Å². The van der Waals surface area contributed by atoms with Gasteiger partial charge in [0, 0.05) is 37.8 Å². The smallest absolute Gasteiger partial charge is 0.410 e. The second-order valence-electron chi connectivity index (χ2n) is 7.34. The summed E-state index contributed by atoms with van der Waals surface area (Å²) in [4.78, 5) is 16.2. The van der Waals surface area contributed by atoms with E-state index in [9.17, 15) is 9.18 Å². The van der Waals surface area contributed by atoms with Crippen LogP contribution < -0.4 is 0 Å².